The van der Waals surface area contributed by atoms with Gasteiger partial charge in [-0.1, -0.05) is 23.7 Å². The highest BCUT2D eigenvalue weighted by atomic mass is 35.5. The van der Waals surface area contributed by atoms with Crippen LogP contribution in [0.3, 0.4) is 0 Å². The van der Waals surface area contributed by atoms with Crippen LogP contribution in [0.15, 0.2) is 42.5 Å². The molecule has 0 aromatic heterocycles. The molecule has 0 spiro atoms. The second kappa shape index (κ2) is 9.65. The third-order valence-electron chi connectivity index (χ3n) is 5.12. The van der Waals surface area contributed by atoms with E-state index >= 15 is 0 Å². The highest BCUT2D eigenvalue weighted by molar-refractivity contribution is 6.33. The minimum atomic E-state index is -0.258. The Hall–Kier alpha value is -2.73. The Kier molecular flexibility index (Phi) is 6.99. The lowest BCUT2D eigenvalue weighted by molar-refractivity contribution is -0.126. The van der Waals surface area contributed by atoms with Gasteiger partial charge in [-0.2, -0.15) is 0 Å². The van der Waals surface area contributed by atoms with E-state index in [2.05, 4.69) is 5.32 Å². The summed E-state index contributed by atoms with van der Waals surface area (Å²) in [5.74, 6) is 0.912. The largest absolute Gasteiger partial charge is 0.497 e. The van der Waals surface area contributed by atoms with E-state index in [1.54, 1.807) is 43.4 Å². The van der Waals surface area contributed by atoms with Crippen molar-refractivity contribution in [2.24, 2.45) is 5.92 Å². The number of methoxy groups -OCH3 is 2. The molecule has 2 amide bonds. The van der Waals surface area contributed by atoms with Crippen molar-refractivity contribution in [1.29, 1.82) is 0 Å². The molecule has 29 heavy (non-hydrogen) atoms. The highest BCUT2D eigenvalue weighted by Crippen LogP contribution is 2.25. The smallest absolute Gasteiger partial charge is 0.255 e. The van der Waals surface area contributed by atoms with E-state index in [-0.39, 0.29) is 17.7 Å². The zero-order valence-electron chi connectivity index (χ0n) is 16.6. The number of nitrogens with zero attached hydrogens (tertiary/aromatic N) is 1. The van der Waals surface area contributed by atoms with Crippen molar-refractivity contribution in [3.63, 3.8) is 0 Å². The van der Waals surface area contributed by atoms with Gasteiger partial charge in [-0.05, 0) is 43.2 Å². The number of carbonyl (C=O) groups excluding carboxylic acids is 2. The molecule has 0 radical (unpaired) electrons. The second-order valence-corrected chi connectivity index (χ2v) is 7.37. The molecule has 1 aliphatic heterocycles. The van der Waals surface area contributed by atoms with Crippen molar-refractivity contribution in [3.8, 4) is 11.5 Å². The molecule has 154 valence electrons. The maximum atomic E-state index is 12.8. The van der Waals surface area contributed by atoms with Gasteiger partial charge in [-0.25, -0.2) is 0 Å². The number of halogens is 1. The molecule has 7 heteroatoms. The Morgan fingerprint density at radius 1 is 1.17 bits per heavy atom. The Morgan fingerprint density at radius 3 is 2.69 bits per heavy atom. The molecule has 2 aromatic carbocycles. The van der Waals surface area contributed by atoms with Gasteiger partial charge in [-0.15, -0.1) is 0 Å². The van der Waals surface area contributed by atoms with Crippen LogP contribution < -0.4 is 14.8 Å². The molecule has 1 aliphatic rings. The number of rotatable bonds is 6. The first-order valence-corrected chi connectivity index (χ1v) is 9.93. The number of piperidine rings is 1. The van der Waals surface area contributed by atoms with E-state index in [0.29, 0.717) is 41.7 Å². The summed E-state index contributed by atoms with van der Waals surface area (Å²) in [4.78, 5) is 27.3. The van der Waals surface area contributed by atoms with Gasteiger partial charge < -0.3 is 19.7 Å². The average Bonchev–Trinajstić information content (AvgIpc) is 2.77. The Morgan fingerprint density at radius 2 is 1.97 bits per heavy atom. The van der Waals surface area contributed by atoms with Crippen molar-refractivity contribution in [2.75, 3.05) is 27.3 Å². The summed E-state index contributed by atoms with van der Waals surface area (Å²) in [5.41, 5.74) is 1.30. The van der Waals surface area contributed by atoms with E-state index in [1.165, 1.54) is 0 Å². The predicted octanol–water partition coefficient (Wildman–Crippen LogP) is 3.53. The Balaban J connectivity index is 1.63. The van der Waals surface area contributed by atoms with Gasteiger partial charge in [0.15, 0.2) is 0 Å². The van der Waals surface area contributed by atoms with Gasteiger partial charge >= 0.3 is 0 Å². The summed E-state index contributed by atoms with van der Waals surface area (Å²) in [5, 5.41) is 3.39. The lowest BCUT2D eigenvalue weighted by Gasteiger charge is -2.32. The predicted molar refractivity (Wildman–Crippen MR) is 111 cm³/mol. The molecule has 3 rings (SSSR count). The molecule has 1 saturated heterocycles. The van der Waals surface area contributed by atoms with Gasteiger partial charge in [0.05, 0.1) is 30.7 Å². The molecule has 0 bridgehead atoms. The fourth-order valence-corrected chi connectivity index (χ4v) is 3.74. The van der Waals surface area contributed by atoms with E-state index < -0.39 is 0 Å². The van der Waals surface area contributed by atoms with Gasteiger partial charge in [0.1, 0.15) is 11.5 Å². The summed E-state index contributed by atoms with van der Waals surface area (Å²) < 4.78 is 10.6. The normalized spacial score (nSPS) is 16.2. The van der Waals surface area contributed by atoms with Crippen LogP contribution in [-0.2, 0) is 11.3 Å². The summed E-state index contributed by atoms with van der Waals surface area (Å²) >= 11 is 6.16. The number of ether oxygens (including phenoxy) is 2. The van der Waals surface area contributed by atoms with E-state index in [1.807, 2.05) is 18.2 Å². The topological polar surface area (TPSA) is 67.9 Å². The van der Waals surface area contributed by atoms with Crippen LogP contribution in [0, 0.1) is 5.92 Å². The monoisotopic (exact) mass is 416 g/mol. The van der Waals surface area contributed by atoms with Crippen molar-refractivity contribution in [3.05, 3.63) is 58.6 Å². The minimum absolute atomic E-state index is 0.0773. The average molecular weight is 417 g/mol. The van der Waals surface area contributed by atoms with Gasteiger partial charge in [0.2, 0.25) is 5.91 Å². The molecule has 1 atom stereocenters. The molecule has 1 N–H and O–H groups in total. The molecule has 1 fully saturated rings. The summed E-state index contributed by atoms with van der Waals surface area (Å²) in [6.45, 7) is 1.33. The SMILES string of the molecule is COc1ccc(OC)c(CNC(=O)[C@H]2CCCN(C(=O)c3ccccc3Cl)C2)c1. The Labute approximate surface area is 175 Å². The van der Waals surface area contributed by atoms with E-state index in [4.69, 9.17) is 21.1 Å². The lowest BCUT2D eigenvalue weighted by atomic mass is 9.96. The summed E-state index contributed by atoms with van der Waals surface area (Å²) in [6, 6.07) is 12.4. The molecule has 0 saturated carbocycles. The highest BCUT2D eigenvalue weighted by Gasteiger charge is 2.29. The first kappa shape index (κ1) is 21.0. The van der Waals surface area contributed by atoms with Gasteiger partial charge in [0, 0.05) is 25.2 Å². The molecule has 0 aliphatic carbocycles. The van der Waals surface area contributed by atoms with Crippen LogP contribution in [0.4, 0.5) is 0 Å². The second-order valence-electron chi connectivity index (χ2n) is 6.97. The van der Waals surface area contributed by atoms with Crippen molar-refractivity contribution in [1.82, 2.24) is 10.2 Å². The van der Waals surface area contributed by atoms with Crippen LogP contribution in [0.5, 0.6) is 11.5 Å². The number of amides is 2. The Bertz CT molecular complexity index is 887. The van der Waals surface area contributed by atoms with E-state index in [0.717, 1.165) is 18.4 Å². The molecule has 6 nitrogen and oxygen atoms in total. The first-order chi connectivity index (χ1) is 14.0. The van der Waals surface area contributed by atoms with Crippen LogP contribution in [-0.4, -0.2) is 44.0 Å². The molecular formula is C22H25ClN2O4. The van der Waals surface area contributed by atoms with E-state index in [9.17, 15) is 9.59 Å². The molecular weight excluding hydrogens is 392 g/mol. The van der Waals surface area contributed by atoms with Crippen LogP contribution in [0.2, 0.25) is 5.02 Å². The van der Waals surface area contributed by atoms with Crippen LogP contribution >= 0.6 is 11.6 Å². The zero-order valence-corrected chi connectivity index (χ0v) is 17.4. The first-order valence-electron chi connectivity index (χ1n) is 9.56. The summed E-state index contributed by atoms with van der Waals surface area (Å²) in [6.07, 6.45) is 1.52. The van der Waals surface area contributed by atoms with Crippen LogP contribution in [0.25, 0.3) is 0 Å². The summed E-state index contributed by atoms with van der Waals surface area (Å²) in [7, 11) is 3.18. The fraction of sp³-hybridized carbons (Fsp3) is 0.364. The van der Waals surface area contributed by atoms with Crippen LogP contribution in [0.1, 0.15) is 28.8 Å². The maximum Gasteiger partial charge on any atom is 0.255 e. The molecule has 2 aromatic rings. The number of benzene rings is 2. The number of hydrogen-bond acceptors (Lipinski definition) is 4. The van der Waals surface area contributed by atoms with Crippen molar-refractivity contribution < 1.29 is 19.1 Å². The minimum Gasteiger partial charge on any atom is -0.497 e. The zero-order chi connectivity index (χ0) is 20.8. The fourth-order valence-electron chi connectivity index (χ4n) is 3.53. The number of hydrogen-bond donors (Lipinski definition) is 1. The number of likely N-dealkylation sites (tertiary alicyclic amines) is 1. The van der Waals surface area contributed by atoms with Crippen molar-refractivity contribution in [2.45, 2.75) is 19.4 Å². The lowest BCUT2D eigenvalue weighted by Crippen LogP contribution is -2.45. The molecule has 0 unspecified atom stereocenters. The van der Waals surface area contributed by atoms with Crippen molar-refractivity contribution >= 4 is 23.4 Å². The van der Waals surface area contributed by atoms with Gasteiger partial charge in [0.25, 0.3) is 5.91 Å². The van der Waals surface area contributed by atoms with Gasteiger partial charge in [-0.3, -0.25) is 9.59 Å². The third kappa shape index (κ3) is 5.01. The molecule has 1 heterocycles. The number of carbonyl (C=O) groups is 2. The number of nitrogens with one attached hydrogen (secondary N) is 1. The maximum absolute atomic E-state index is 12.8. The standard InChI is InChI=1S/C22H25ClN2O4/c1-28-17-9-10-20(29-2)16(12-17)13-24-21(26)15-6-5-11-25(14-15)22(27)18-7-3-4-8-19(18)23/h3-4,7-10,12,15H,5-6,11,13-14H2,1-2H3,(H,24,26)/t15-/m0/s1. The third-order valence-corrected chi connectivity index (χ3v) is 5.45. The quantitative estimate of drug-likeness (QED) is 0.782.